The molecular formula is C25H30FN3O2. The first-order valence-corrected chi connectivity index (χ1v) is 11.5. The molecule has 0 unspecified atom stereocenters. The van der Waals surface area contributed by atoms with Crippen LogP contribution in [0.1, 0.15) is 47.3 Å². The van der Waals surface area contributed by atoms with E-state index >= 15 is 0 Å². The Bertz CT molecular complexity index is 981. The van der Waals surface area contributed by atoms with Gasteiger partial charge >= 0.3 is 5.97 Å². The number of piperidine rings is 3. The predicted molar refractivity (Wildman–Crippen MR) is 118 cm³/mol. The molecule has 3 saturated heterocycles. The number of aryl methyl sites for hydroxylation is 1. The van der Waals surface area contributed by atoms with E-state index in [4.69, 9.17) is 0 Å². The first-order valence-electron chi connectivity index (χ1n) is 11.5. The van der Waals surface area contributed by atoms with Crippen LogP contribution in [0, 0.1) is 24.6 Å². The summed E-state index contributed by atoms with van der Waals surface area (Å²) in [6, 6.07) is 11.3. The summed E-state index contributed by atoms with van der Waals surface area (Å²) in [5.41, 5.74) is 2.17. The van der Waals surface area contributed by atoms with E-state index in [-0.39, 0.29) is 11.4 Å². The van der Waals surface area contributed by atoms with Gasteiger partial charge in [0.2, 0.25) is 0 Å². The lowest BCUT2D eigenvalue weighted by Gasteiger charge is -2.57. The van der Waals surface area contributed by atoms with Crippen molar-refractivity contribution in [1.82, 2.24) is 9.88 Å². The maximum absolute atomic E-state index is 13.9. The fraction of sp³-hybridized carbons (Fsp3) is 0.520. The Kier molecular flexibility index (Phi) is 5.42. The van der Waals surface area contributed by atoms with E-state index in [1.807, 2.05) is 13.0 Å². The van der Waals surface area contributed by atoms with Gasteiger partial charge in [0.15, 0.2) is 0 Å². The molecule has 1 aromatic heterocycles. The summed E-state index contributed by atoms with van der Waals surface area (Å²) in [6.45, 7) is 4.69. The Morgan fingerprint density at radius 2 is 2.03 bits per heavy atom. The minimum absolute atomic E-state index is 0.179. The maximum atomic E-state index is 13.9. The Morgan fingerprint density at radius 3 is 2.84 bits per heavy atom. The molecule has 2 bridgehead atoms. The van der Waals surface area contributed by atoms with E-state index in [0.29, 0.717) is 29.7 Å². The lowest BCUT2D eigenvalue weighted by molar-refractivity contribution is -0.0318. The normalized spacial score (nSPS) is 28.3. The van der Waals surface area contributed by atoms with Crippen molar-refractivity contribution in [3.8, 4) is 0 Å². The fourth-order valence-corrected chi connectivity index (χ4v) is 6.22. The zero-order valence-electron chi connectivity index (χ0n) is 18.0. The molecule has 0 radical (unpaired) electrons. The Labute approximate surface area is 182 Å². The van der Waals surface area contributed by atoms with E-state index in [1.54, 1.807) is 24.3 Å². The molecule has 0 spiro atoms. The first-order chi connectivity index (χ1) is 15.0. The van der Waals surface area contributed by atoms with Gasteiger partial charge in [0, 0.05) is 30.9 Å². The molecule has 0 saturated carbocycles. The SMILES string of the molecule is Cc1ccc(C(=O)O)c(N2C[C@H]3C[C@@H](C2)[C@H](Cc2cccc(F)c2)N2CCCC[C@@H]32)n1. The fourth-order valence-electron chi connectivity index (χ4n) is 6.22. The van der Waals surface area contributed by atoms with E-state index < -0.39 is 5.97 Å². The summed E-state index contributed by atoms with van der Waals surface area (Å²) in [5.74, 6) is 0.443. The summed E-state index contributed by atoms with van der Waals surface area (Å²) in [6.07, 6.45) is 5.66. The summed E-state index contributed by atoms with van der Waals surface area (Å²) in [4.78, 5) is 21.5. The Morgan fingerprint density at radius 1 is 1.19 bits per heavy atom. The molecule has 1 aromatic carbocycles. The van der Waals surface area contributed by atoms with Crippen LogP contribution in [0.15, 0.2) is 36.4 Å². The minimum Gasteiger partial charge on any atom is -0.478 e. The van der Waals surface area contributed by atoms with Crippen LogP contribution in [0.4, 0.5) is 10.2 Å². The number of carboxylic acids is 1. The van der Waals surface area contributed by atoms with Crippen LogP contribution in [-0.2, 0) is 6.42 Å². The molecule has 2 aromatic rings. The third-order valence-electron chi connectivity index (χ3n) is 7.50. The number of hydrogen-bond donors (Lipinski definition) is 1. The van der Waals surface area contributed by atoms with Crippen LogP contribution in [0.25, 0.3) is 0 Å². The number of halogens is 1. The second kappa shape index (κ2) is 8.23. The van der Waals surface area contributed by atoms with Crippen molar-refractivity contribution >= 4 is 11.8 Å². The summed E-state index contributed by atoms with van der Waals surface area (Å²) in [7, 11) is 0. The highest BCUT2D eigenvalue weighted by molar-refractivity contribution is 5.93. The number of aromatic nitrogens is 1. The molecule has 1 N–H and O–H groups in total. The number of carbonyl (C=O) groups is 1. The van der Waals surface area contributed by atoms with Crippen LogP contribution >= 0.6 is 0 Å². The van der Waals surface area contributed by atoms with Gasteiger partial charge in [-0.05, 0) is 80.8 Å². The van der Waals surface area contributed by atoms with Gasteiger partial charge in [-0.3, -0.25) is 4.90 Å². The van der Waals surface area contributed by atoms with Crippen LogP contribution in [0.2, 0.25) is 0 Å². The lowest BCUT2D eigenvalue weighted by Crippen LogP contribution is -2.64. The number of pyridine rings is 1. The summed E-state index contributed by atoms with van der Waals surface area (Å²) >= 11 is 0. The average molecular weight is 424 g/mol. The molecule has 6 heteroatoms. The largest absolute Gasteiger partial charge is 0.478 e. The molecular weight excluding hydrogens is 393 g/mol. The number of nitrogens with zero attached hydrogens (tertiary/aromatic N) is 3. The van der Waals surface area contributed by atoms with E-state index in [0.717, 1.165) is 43.7 Å². The van der Waals surface area contributed by atoms with Crippen molar-refractivity contribution in [2.45, 2.75) is 51.1 Å². The zero-order chi connectivity index (χ0) is 21.5. The molecule has 3 aliphatic rings. The number of aromatic carboxylic acids is 1. The Hall–Kier alpha value is -2.47. The van der Waals surface area contributed by atoms with Gasteiger partial charge < -0.3 is 10.0 Å². The zero-order valence-corrected chi connectivity index (χ0v) is 18.0. The summed E-state index contributed by atoms with van der Waals surface area (Å²) < 4.78 is 13.9. The topological polar surface area (TPSA) is 56.7 Å². The predicted octanol–water partition coefficient (Wildman–Crippen LogP) is 4.15. The molecule has 164 valence electrons. The maximum Gasteiger partial charge on any atom is 0.339 e. The van der Waals surface area contributed by atoms with E-state index in [2.05, 4.69) is 14.8 Å². The highest BCUT2D eigenvalue weighted by Gasteiger charge is 2.47. The number of hydrogen-bond acceptors (Lipinski definition) is 4. The van der Waals surface area contributed by atoms with Gasteiger partial charge in [-0.25, -0.2) is 14.2 Å². The quantitative estimate of drug-likeness (QED) is 0.801. The lowest BCUT2D eigenvalue weighted by atomic mass is 9.71. The minimum atomic E-state index is -0.922. The van der Waals surface area contributed by atoms with Crippen LogP contribution in [-0.4, -0.2) is 52.7 Å². The molecule has 4 heterocycles. The van der Waals surface area contributed by atoms with E-state index in [9.17, 15) is 14.3 Å². The highest BCUT2D eigenvalue weighted by atomic mass is 19.1. The highest BCUT2D eigenvalue weighted by Crippen LogP contribution is 2.43. The second-order valence-corrected chi connectivity index (χ2v) is 9.49. The number of anilines is 1. The molecule has 5 nitrogen and oxygen atoms in total. The molecule has 3 aliphatic heterocycles. The van der Waals surface area contributed by atoms with Gasteiger partial charge in [0.25, 0.3) is 0 Å². The smallest absolute Gasteiger partial charge is 0.339 e. The van der Waals surface area contributed by atoms with Crippen molar-refractivity contribution in [3.05, 3.63) is 59.0 Å². The third-order valence-corrected chi connectivity index (χ3v) is 7.50. The van der Waals surface area contributed by atoms with Gasteiger partial charge in [0.1, 0.15) is 17.2 Å². The summed E-state index contributed by atoms with van der Waals surface area (Å²) in [5, 5.41) is 9.74. The standard InChI is InChI=1S/C25H30FN3O2/c1-16-8-9-21(25(30)31)24(27-16)28-14-18-13-19(15-28)23(29-10-3-2-7-22(18)29)12-17-5-4-6-20(26)11-17/h4-6,8-9,11,18-19,22-23H,2-3,7,10,12-15H2,1H3,(H,30,31)/t18-,19+,22+,23+/m1/s1. The van der Waals surface area contributed by atoms with Crippen LogP contribution in [0.3, 0.4) is 0 Å². The van der Waals surface area contributed by atoms with Crippen LogP contribution in [0.5, 0.6) is 0 Å². The molecule has 4 atom stereocenters. The molecule has 3 fully saturated rings. The van der Waals surface area contributed by atoms with Crippen molar-refractivity contribution in [2.75, 3.05) is 24.5 Å². The van der Waals surface area contributed by atoms with Gasteiger partial charge in [0.05, 0.1) is 0 Å². The van der Waals surface area contributed by atoms with Crippen molar-refractivity contribution in [2.24, 2.45) is 11.8 Å². The number of benzene rings is 1. The monoisotopic (exact) mass is 423 g/mol. The van der Waals surface area contributed by atoms with E-state index in [1.165, 1.54) is 25.3 Å². The van der Waals surface area contributed by atoms with Gasteiger partial charge in [-0.2, -0.15) is 0 Å². The number of carboxylic acid groups (broad SMARTS) is 1. The Balaban J connectivity index is 1.48. The third kappa shape index (κ3) is 3.93. The molecule has 0 aliphatic carbocycles. The first kappa shape index (κ1) is 20.4. The number of rotatable bonds is 4. The second-order valence-electron chi connectivity index (χ2n) is 9.49. The van der Waals surface area contributed by atoms with Crippen LogP contribution < -0.4 is 4.90 Å². The average Bonchev–Trinajstić information content (AvgIpc) is 2.76. The molecule has 5 rings (SSSR count). The van der Waals surface area contributed by atoms with Gasteiger partial charge in [-0.1, -0.05) is 18.6 Å². The van der Waals surface area contributed by atoms with Crippen molar-refractivity contribution in [3.63, 3.8) is 0 Å². The van der Waals surface area contributed by atoms with Gasteiger partial charge in [-0.15, -0.1) is 0 Å². The van der Waals surface area contributed by atoms with Crippen molar-refractivity contribution < 1.29 is 14.3 Å². The molecule has 0 amide bonds. The number of fused-ring (bicyclic) bond motifs is 4. The molecule has 31 heavy (non-hydrogen) atoms. The van der Waals surface area contributed by atoms with Crippen molar-refractivity contribution in [1.29, 1.82) is 0 Å².